The first-order valence-corrected chi connectivity index (χ1v) is 12.7. The predicted molar refractivity (Wildman–Crippen MR) is 146 cm³/mol. The molecule has 1 N–H and O–H groups in total. The third-order valence-electron chi connectivity index (χ3n) is 6.65. The maximum atomic E-state index is 5.90. The number of aryl methyl sites for hydroxylation is 2. The summed E-state index contributed by atoms with van der Waals surface area (Å²) in [4.78, 5) is 4.95. The van der Waals surface area contributed by atoms with Gasteiger partial charge in [0, 0.05) is 36.0 Å². The van der Waals surface area contributed by atoms with Gasteiger partial charge in [-0.3, -0.25) is 4.98 Å². The smallest absolute Gasteiger partial charge is 0.125 e. The summed E-state index contributed by atoms with van der Waals surface area (Å²) in [7, 11) is 1.76. The van der Waals surface area contributed by atoms with Crippen LogP contribution in [0.5, 0.6) is 5.75 Å². The minimum absolute atomic E-state index is 0.258. The zero-order valence-corrected chi connectivity index (χ0v) is 21.1. The Morgan fingerprint density at radius 3 is 1.97 bits per heavy atom. The Kier molecular flexibility index (Phi) is 8.69. The number of benzene rings is 3. The number of nitrogens with zero attached hydrogens (tertiary/aromatic N) is 1. The number of pyridine rings is 1. The summed E-state index contributed by atoms with van der Waals surface area (Å²) >= 11 is 0. The number of ether oxygens (including phenoxy) is 1. The second-order valence-electron chi connectivity index (χ2n) is 9.00. The number of methoxy groups -OCH3 is 1. The number of nitrogens with one attached hydrogen (secondary N) is 1. The van der Waals surface area contributed by atoms with Crippen LogP contribution in [0, 0.1) is 0 Å². The van der Waals surface area contributed by atoms with Crippen molar-refractivity contribution in [3.8, 4) is 17.0 Å². The molecule has 0 fully saturated rings. The van der Waals surface area contributed by atoms with Crippen LogP contribution in [-0.4, -0.2) is 18.1 Å². The Labute approximate surface area is 210 Å². The van der Waals surface area contributed by atoms with E-state index in [9.17, 15) is 0 Å². The Bertz CT molecular complexity index is 1180. The molecule has 0 saturated heterocycles. The van der Waals surface area contributed by atoms with Gasteiger partial charge in [0.25, 0.3) is 0 Å². The summed E-state index contributed by atoms with van der Waals surface area (Å²) in [5.74, 6) is 0.905. The Balaban J connectivity index is 1.61. The lowest BCUT2D eigenvalue weighted by Gasteiger charge is -2.21. The third kappa shape index (κ3) is 6.37. The number of hydrogen-bond acceptors (Lipinski definition) is 3. The van der Waals surface area contributed by atoms with Crippen molar-refractivity contribution in [3.63, 3.8) is 0 Å². The number of hydrogen-bond donors (Lipinski definition) is 1. The molecular formula is C32H36N2O. The molecule has 0 aliphatic heterocycles. The molecule has 4 rings (SSSR count). The monoisotopic (exact) mass is 464 g/mol. The molecule has 0 radical (unpaired) electrons. The van der Waals surface area contributed by atoms with E-state index in [0.717, 1.165) is 49.2 Å². The quantitative estimate of drug-likeness (QED) is 0.264. The van der Waals surface area contributed by atoms with E-state index in [1.54, 1.807) is 7.11 Å². The zero-order valence-electron chi connectivity index (χ0n) is 21.1. The second kappa shape index (κ2) is 12.3. The van der Waals surface area contributed by atoms with Gasteiger partial charge in [-0.05, 0) is 47.9 Å². The molecule has 1 atom stereocenters. The molecule has 3 aromatic carbocycles. The fourth-order valence-corrected chi connectivity index (χ4v) is 4.76. The topological polar surface area (TPSA) is 34.1 Å². The number of aromatic nitrogens is 1. The van der Waals surface area contributed by atoms with E-state index in [0.29, 0.717) is 0 Å². The van der Waals surface area contributed by atoms with Gasteiger partial charge in [-0.2, -0.15) is 0 Å². The van der Waals surface area contributed by atoms with Crippen LogP contribution in [0.1, 0.15) is 41.7 Å². The SMILES string of the molecule is CCc1cccc(CC)c1-c1cc(OC)c(CC(Cc2ccccc2)NCc2ccccc2)cn1. The molecular weight excluding hydrogens is 428 g/mol. The second-order valence-corrected chi connectivity index (χ2v) is 9.00. The summed E-state index contributed by atoms with van der Waals surface area (Å²) in [6.45, 7) is 5.24. The summed E-state index contributed by atoms with van der Waals surface area (Å²) in [6.07, 6.45) is 5.77. The first-order chi connectivity index (χ1) is 17.2. The highest BCUT2D eigenvalue weighted by molar-refractivity contribution is 5.69. The van der Waals surface area contributed by atoms with Crippen LogP contribution in [0.15, 0.2) is 91.1 Å². The van der Waals surface area contributed by atoms with Crippen molar-refractivity contribution in [1.29, 1.82) is 0 Å². The van der Waals surface area contributed by atoms with Crippen LogP contribution in [0.4, 0.5) is 0 Å². The van der Waals surface area contributed by atoms with Crippen LogP contribution in [-0.2, 0) is 32.2 Å². The predicted octanol–water partition coefficient (Wildman–Crippen LogP) is 6.83. The highest BCUT2D eigenvalue weighted by Crippen LogP contribution is 2.31. The van der Waals surface area contributed by atoms with Gasteiger partial charge in [-0.1, -0.05) is 92.7 Å². The van der Waals surface area contributed by atoms with Crippen LogP contribution in [0.25, 0.3) is 11.3 Å². The molecule has 180 valence electrons. The average molecular weight is 465 g/mol. The van der Waals surface area contributed by atoms with E-state index in [2.05, 4.69) is 104 Å². The standard InChI is InChI=1S/C32H36N2O/c1-4-26-17-12-18-27(5-2)32(26)30-21-31(35-3)28(23-34-30)20-29(19-24-13-8-6-9-14-24)33-22-25-15-10-7-11-16-25/h6-18,21,23,29,33H,4-5,19-20,22H2,1-3H3. The van der Waals surface area contributed by atoms with Crippen LogP contribution in [0.2, 0.25) is 0 Å². The zero-order chi connectivity index (χ0) is 24.5. The van der Waals surface area contributed by atoms with Crippen molar-refractivity contribution in [2.24, 2.45) is 0 Å². The molecule has 1 aromatic heterocycles. The Hall–Kier alpha value is -3.43. The van der Waals surface area contributed by atoms with Crippen molar-refractivity contribution in [2.75, 3.05) is 7.11 Å². The molecule has 0 saturated carbocycles. The summed E-state index contributed by atoms with van der Waals surface area (Å²) in [5.41, 5.74) is 8.66. The van der Waals surface area contributed by atoms with Gasteiger partial charge in [0.05, 0.1) is 12.8 Å². The van der Waals surface area contributed by atoms with Crippen molar-refractivity contribution >= 4 is 0 Å². The fraction of sp³-hybridized carbons (Fsp3) is 0.281. The third-order valence-corrected chi connectivity index (χ3v) is 6.65. The highest BCUT2D eigenvalue weighted by Gasteiger charge is 2.17. The van der Waals surface area contributed by atoms with Crippen LogP contribution >= 0.6 is 0 Å². The van der Waals surface area contributed by atoms with Gasteiger partial charge in [-0.25, -0.2) is 0 Å². The lowest BCUT2D eigenvalue weighted by Crippen LogP contribution is -2.33. The molecule has 4 aromatic rings. The summed E-state index contributed by atoms with van der Waals surface area (Å²) < 4.78 is 5.90. The first-order valence-electron chi connectivity index (χ1n) is 12.7. The lowest BCUT2D eigenvalue weighted by atomic mass is 9.93. The van der Waals surface area contributed by atoms with E-state index >= 15 is 0 Å². The van der Waals surface area contributed by atoms with Gasteiger partial charge in [-0.15, -0.1) is 0 Å². The molecule has 0 spiro atoms. The average Bonchev–Trinajstić information content (AvgIpc) is 2.92. The van der Waals surface area contributed by atoms with E-state index in [1.165, 1.54) is 27.8 Å². The Morgan fingerprint density at radius 2 is 1.37 bits per heavy atom. The molecule has 0 aliphatic carbocycles. The van der Waals surface area contributed by atoms with Gasteiger partial charge in [0.15, 0.2) is 0 Å². The fourth-order valence-electron chi connectivity index (χ4n) is 4.76. The first kappa shape index (κ1) is 24.7. The Morgan fingerprint density at radius 1 is 0.743 bits per heavy atom. The molecule has 0 amide bonds. The lowest BCUT2D eigenvalue weighted by molar-refractivity contribution is 0.403. The maximum absolute atomic E-state index is 5.90. The maximum Gasteiger partial charge on any atom is 0.125 e. The van der Waals surface area contributed by atoms with E-state index < -0.39 is 0 Å². The largest absolute Gasteiger partial charge is 0.496 e. The summed E-state index contributed by atoms with van der Waals surface area (Å²) in [6, 6.07) is 30.2. The molecule has 35 heavy (non-hydrogen) atoms. The van der Waals surface area contributed by atoms with Crippen molar-refractivity contribution < 1.29 is 4.74 Å². The van der Waals surface area contributed by atoms with Gasteiger partial charge in [0.2, 0.25) is 0 Å². The van der Waals surface area contributed by atoms with Crippen LogP contribution in [0.3, 0.4) is 0 Å². The molecule has 3 heteroatoms. The normalized spacial score (nSPS) is 11.9. The molecule has 1 unspecified atom stereocenters. The van der Waals surface area contributed by atoms with Crippen LogP contribution < -0.4 is 10.1 Å². The highest BCUT2D eigenvalue weighted by atomic mass is 16.5. The minimum atomic E-state index is 0.258. The summed E-state index contributed by atoms with van der Waals surface area (Å²) in [5, 5.41) is 3.78. The van der Waals surface area contributed by atoms with Gasteiger partial charge in [0.1, 0.15) is 5.75 Å². The molecule has 0 bridgehead atoms. The minimum Gasteiger partial charge on any atom is -0.496 e. The molecule has 3 nitrogen and oxygen atoms in total. The van der Waals surface area contributed by atoms with Crippen molar-refractivity contribution in [3.05, 3.63) is 119 Å². The van der Waals surface area contributed by atoms with E-state index in [-0.39, 0.29) is 6.04 Å². The number of rotatable bonds is 11. The molecule has 1 heterocycles. The van der Waals surface area contributed by atoms with E-state index in [4.69, 9.17) is 9.72 Å². The van der Waals surface area contributed by atoms with Crippen molar-refractivity contribution in [2.45, 2.75) is 52.1 Å². The van der Waals surface area contributed by atoms with Gasteiger partial charge >= 0.3 is 0 Å². The van der Waals surface area contributed by atoms with Gasteiger partial charge < -0.3 is 10.1 Å². The molecule has 0 aliphatic rings. The van der Waals surface area contributed by atoms with E-state index in [1.807, 2.05) is 6.20 Å². The van der Waals surface area contributed by atoms with Crippen molar-refractivity contribution in [1.82, 2.24) is 10.3 Å².